The van der Waals surface area contributed by atoms with Gasteiger partial charge in [-0.15, -0.1) is 0 Å². The zero-order valence-electron chi connectivity index (χ0n) is 12.0. The normalized spacial score (nSPS) is 13.4. The molecule has 1 unspecified atom stereocenters. The van der Waals surface area contributed by atoms with E-state index in [2.05, 4.69) is 15.5 Å². The minimum absolute atomic E-state index is 0.176. The van der Waals surface area contributed by atoms with Gasteiger partial charge < -0.3 is 5.32 Å². The molecule has 0 aliphatic rings. The molecule has 0 saturated carbocycles. The minimum atomic E-state index is -4.09. The number of H-pyrrole nitrogens is 1. The van der Waals surface area contributed by atoms with Crippen LogP contribution in [-0.4, -0.2) is 47.3 Å². The first-order valence-electron chi connectivity index (χ1n) is 6.25. The van der Waals surface area contributed by atoms with Gasteiger partial charge in [-0.3, -0.25) is 14.1 Å². The van der Waals surface area contributed by atoms with E-state index in [4.69, 9.17) is 10.7 Å². The summed E-state index contributed by atoms with van der Waals surface area (Å²) in [5.74, 6) is -0.344. The zero-order valence-corrected chi connectivity index (χ0v) is 14.4. The standard InChI is InChI=1S/C11H18ClN3O4S2/c1-7(2)8-10(21(12,18)19)9(15-14-8)11(16)13-5-4-6-20(3)17/h7H,4-6H2,1-3H3,(H,13,16)(H,14,15). The lowest BCUT2D eigenvalue weighted by molar-refractivity contribution is 0.0945. The lowest BCUT2D eigenvalue weighted by Crippen LogP contribution is -2.27. The summed E-state index contributed by atoms with van der Waals surface area (Å²) in [6.45, 7) is 3.80. The number of carbonyl (C=O) groups is 1. The number of aromatic amines is 1. The molecule has 1 atom stereocenters. The molecule has 0 radical (unpaired) electrons. The first kappa shape index (κ1) is 18.1. The number of nitrogens with one attached hydrogen (secondary N) is 2. The van der Waals surface area contributed by atoms with Gasteiger partial charge in [0, 0.05) is 40.0 Å². The third-order valence-corrected chi connectivity index (χ3v) is 4.91. The quantitative estimate of drug-likeness (QED) is 0.559. The molecule has 0 saturated heterocycles. The number of hydrogen-bond donors (Lipinski definition) is 2. The van der Waals surface area contributed by atoms with Crippen molar-refractivity contribution in [3.05, 3.63) is 11.4 Å². The second kappa shape index (κ2) is 7.37. The van der Waals surface area contributed by atoms with Gasteiger partial charge in [-0.2, -0.15) is 5.10 Å². The van der Waals surface area contributed by atoms with Crippen molar-refractivity contribution in [2.24, 2.45) is 0 Å². The Kier molecular flexibility index (Phi) is 6.36. The molecule has 0 spiro atoms. The molecule has 10 heteroatoms. The largest absolute Gasteiger partial charge is 0.351 e. The smallest absolute Gasteiger partial charge is 0.273 e. The Morgan fingerprint density at radius 2 is 2.10 bits per heavy atom. The number of halogens is 1. The third kappa shape index (κ3) is 5.08. The predicted octanol–water partition coefficient (Wildman–Crippen LogP) is 0.959. The fourth-order valence-electron chi connectivity index (χ4n) is 1.70. The summed E-state index contributed by atoms with van der Waals surface area (Å²) in [7, 11) is 0.372. The van der Waals surface area contributed by atoms with Crippen LogP contribution >= 0.6 is 10.7 Å². The molecule has 0 aliphatic heterocycles. The molecule has 0 aromatic carbocycles. The maximum Gasteiger partial charge on any atom is 0.273 e. The van der Waals surface area contributed by atoms with Crippen LogP contribution in [0.2, 0.25) is 0 Å². The number of hydrogen-bond acceptors (Lipinski definition) is 5. The van der Waals surface area contributed by atoms with Crippen LogP contribution in [0.5, 0.6) is 0 Å². The highest BCUT2D eigenvalue weighted by Gasteiger charge is 2.29. The van der Waals surface area contributed by atoms with E-state index in [1.165, 1.54) is 0 Å². The topological polar surface area (TPSA) is 109 Å². The van der Waals surface area contributed by atoms with Gasteiger partial charge in [0.15, 0.2) is 5.69 Å². The Hall–Kier alpha value is -0.930. The highest BCUT2D eigenvalue weighted by atomic mass is 35.7. The van der Waals surface area contributed by atoms with Crippen molar-refractivity contribution in [1.82, 2.24) is 15.5 Å². The van der Waals surface area contributed by atoms with Gasteiger partial charge in [-0.25, -0.2) is 8.42 Å². The second-order valence-electron chi connectivity index (χ2n) is 4.79. The SMILES string of the molecule is CC(C)c1[nH]nc(C(=O)NCCCS(C)=O)c1S(=O)(=O)Cl. The molecule has 1 heterocycles. The van der Waals surface area contributed by atoms with E-state index in [1.54, 1.807) is 20.1 Å². The summed E-state index contributed by atoms with van der Waals surface area (Å²) in [6.07, 6.45) is 2.10. The zero-order chi connectivity index (χ0) is 16.2. The molecule has 0 aliphatic carbocycles. The molecule has 2 N–H and O–H groups in total. The average Bonchev–Trinajstić information content (AvgIpc) is 2.78. The summed E-state index contributed by atoms with van der Waals surface area (Å²) in [6, 6.07) is 0. The Bertz CT molecular complexity index is 640. The highest BCUT2D eigenvalue weighted by Crippen LogP contribution is 2.27. The number of rotatable bonds is 7. The summed E-state index contributed by atoms with van der Waals surface area (Å²) in [4.78, 5) is 11.7. The number of aromatic nitrogens is 2. The van der Waals surface area contributed by atoms with E-state index in [1.807, 2.05) is 0 Å². The molecule has 1 aromatic rings. The van der Waals surface area contributed by atoms with Crippen molar-refractivity contribution in [1.29, 1.82) is 0 Å². The van der Waals surface area contributed by atoms with Crippen LogP contribution in [0.4, 0.5) is 0 Å². The molecule has 0 fully saturated rings. The van der Waals surface area contributed by atoms with Gasteiger partial charge in [0.05, 0.1) is 5.69 Å². The van der Waals surface area contributed by atoms with E-state index in [0.29, 0.717) is 17.9 Å². The monoisotopic (exact) mass is 355 g/mol. The van der Waals surface area contributed by atoms with E-state index in [-0.39, 0.29) is 23.1 Å². The molecule has 1 aromatic heterocycles. The lowest BCUT2D eigenvalue weighted by Gasteiger charge is -2.06. The molecule has 21 heavy (non-hydrogen) atoms. The molecule has 0 bridgehead atoms. The van der Waals surface area contributed by atoms with Crippen LogP contribution in [0.1, 0.15) is 42.4 Å². The van der Waals surface area contributed by atoms with Crippen molar-refractivity contribution in [3.8, 4) is 0 Å². The Morgan fingerprint density at radius 3 is 2.57 bits per heavy atom. The van der Waals surface area contributed by atoms with Gasteiger partial charge in [-0.05, 0) is 12.3 Å². The molecule has 1 amide bonds. The predicted molar refractivity (Wildman–Crippen MR) is 81.6 cm³/mol. The maximum absolute atomic E-state index is 12.0. The Morgan fingerprint density at radius 1 is 1.48 bits per heavy atom. The van der Waals surface area contributed by atoms with E-state index >= 15 is 0 Å². The van der Waals surface area contributed by atoms with Crippen molar-refractivity contribution < 1.29 is 17.4 Å². The molecule has 120 valence electrons. The van der Waals surface area contributed by atoms with Gasteiger partial charge in [0.25, 0.3) is 15.0 Å². The second-order valence-corrected chi connectivity index (χ2v) is 8.85. The minimum Gasteiger partial charge on any atom is -0.351 e. The van der Waals surface area contributed by atoms with Crippen LogP contribution in [0, 0.1) is 0 Å². The van der Waals surface area contributed by atoms with Gasteiger partial charge in [0.1, 0.15) is 4.90 Å². The fourth-order valence-corrected chi connectivity index (χ4v) is 3.63. The molecule has 7 nitrogen and oxygen atoms in total. The number of nitrogens with zero attached hydrogens (tertiary/aromatic N) is 1. The van der Waals surface area contributed by atoms with Crippen molar-refractivity contribution in [2.45, 2.75) is 31.1 Å². The summed E-state index contributed by atoms with van der Waals surface area (Å²) in [5.41, 5.74) is 0.0520. The summed E-state index contributed by atoms with van der Waals surface area (Å²) >= 11 is 0. The van der Waals surface area contributed by atoms with Crippen LogP contribution in [0.3, 0.4) is 0 Å². The maximum atomic E-state index is 12.0. The van der Waals surface area contributed by atoms with Gasteiger partial charge in [0.2, 0.25) is 0 Å². The average molecular weight is 356 g/mol. The van der Waals surface area contributed by atoms with E-state index < -0.39 is 25.8 Å². The van der Waals surface area contributed by atoms with Crippen LogP contribution in [-0.2, 0) is 19.9 Å². The lowest BCUT2D eigenvalue weighted by atomic mass is 10.1. The van der Waals surface area contributed by atoms with E-state index in [9.17, 15) is 17.4 Å². The van der Waals surface area contributed by atoms with Crippen LogP contribution in [0.25, 0.3) is 0 Å². The third-order valence-electron chi connectivity index (χ3n) is 2.68. The van der Waals surface area contributed by atoms with Gasteiger partial charge >= 0.3 is 0 Å². The van der Waals surface area contributed by atoms with Crippen molar-refractivity contribution in [3.63, 3.8) is 0 Å². The van der Waals surface area contributed by atoms with Crippen molar-refractivity contribution in [2.75, 3.05) is 18.6 Å². The fraction of sp³-hybridized carbons (Fsp3) is 0.636. The first-order chi connectivity index (χ1) is 9.64. The molecular weight excluding hydrogens is 338 g/mol. The summed E-state index contributed by atoms with van der Waals surface area (Å²) < 4.78 is 34.2. The molecule has 1 rings (SSSR count). The van der Waals surface area contributed by atoms with Crippen molar-refractivity contribution >= 4 is 36.4 Å². The number of amides is 1. The first-order valence-corrected chi connectivity index (χ1v) is 10.3. The Labute approximate surface area is 130 Å². The highest BCUT2D eigenvalue weighted by molar-refractivity contribution is 8.13. The Balaban J connectivity index is 2.93. The van der Waals surface area contributed by atoms with Gasteiger partial charge in [-0.1, -0.05) is 13.8 Å². The summed E-state index contributed by atoms with van der Waals surface area (Å²) in [5, 5.41) is 8.84. The van der Waals surface area contributed by atoms with E-state index in [0.717, 1.165) is 0 Å². The number of carbonyl (C=O) groups excluding carboxylic acids is 1. The van der Waals surface area contributed by atoms with Crippen LogP contribution in [0.15, 0.2) is 4.90 Å². The van der Waals surface area contributed by atoms with Crippen LogP contribution < -0.4 is 5.32 Å². The molecular formula is C11H18ClN3O4S2.